The molecule has 0 amide bonds. The second-order valence-electron chi connectivity index (χ2n) is 3.99. The second-order valence-corrected chi connectivity index (χ2v) is 5.82. The molecule has 0 aliphatic rings. The molecule has 5 heteroatoms. The standard InChI is InChI=1S/C14H10Br2O3/c1-8-2-3-10(15)7-13(8)19-12-5-9(14(17)18)4-11(16)6-12/h2-7H,1H3,(H,17,18). The first kappa shape index (κ1) is 14.1. The van der Waals surface area contributed by atoms with E-state index in [1.54, 1.807) is 6.07 Å². The molecular weight excluding hydrogens is 376 g/mol. The van der Waals surface area contributed by atoms with Gasteiger partial charge in [-0.1, -0.05) is 37.9 Å². The minimum Gasteiger partial charge on any atom is -0.478 e. The lowest BCUT2D eigenvalue weighted by molar-refractivity contribution is 0.0696. The van der Waals surface area contributed by atoms with Gasteiger partial charge in [-0.2, -0.15) is 0 Å². The van der Waals surface area contributed by atoms with E-state index in [-0.39, 0.29) is 5.56 Å². The third-order valence-electron chi connectivity index (χ3n) is 2.50. The molecule has 0 heterocycles. The van der Waals surface area contributed by atoms with Gasteiger partial charge in [0.05, 0.1) is 5.56 Å². The summed E-state index contributed by atoms with van der Waals surface area (Å²) in [6.45, 7) is 1.93. The van der Waals surface area contributed by atoms with Crippen LogP contribution < -0.4 is 4.74 Å². The quantitative estimate of drug-likeness (QED) is 0.807. The zero-order valence-corrected chi connectivity index (χ0v) is 13.2. The van der Waals surface area contributed by atoms with Crippen LogP contribution >= 0.6 is 31.9 Å². The van der Waals surface area contributed by atoms with Gasteiger partial charge in [-0.3, -0.25) is 0 Å². The SMILES string of the molecule is Cc1ccc(Br)cc1Oc1cc(Br)cc(C(=O)O)c1. The summed E-state index contributed by atoms with van der Waals surface area (Å²) in [7, 11) is 0. The number of carbonyl (C=O) groups is 1. The molecular formula is C14H10Br2O3. The molecule has 19 heavy (non-hydrogen) atoms. The van der Waals surface area contributed by atoms with Crippen molar-refractivity contribution >= 4 is 37.8 Å². The van der Waals surface area contributed by atoms with Crippen molar-refractivity contribution in [3.63, 3.8) is 0 Å². The van der Waals surface area contributed by atoms with Crippen LogP contribution in [0.3, 0.4) is 0 Å². The third-order valence-corrected chi connectivity index (χ3v) is 3.45. The van der Waals surface area contributed by atoms with Gasteiger partial charge >= 0.3 is 5.97 Å². The van der Waals surface area contributed by atoms with Crippen LogP contribution in [0.1, 0.15) is 15.9 Å². The molecule has 0 unspecified atom stereocenters. The highest BCUT2D eigenvalue weighted by molar-refractivity contribution is 9.10. The van der Waals surface area contributed by atoms with Crippen LogP contribution in [-0.2, 0) is 0 Å². The predicted octanol–water partition coefficient (Wildman–Crippen LogP) is 5.01. The fourth-order valence-electron chi connectivity index (χ4n) is 1.56. The van der Waals surface area contributed by atoms with Crippen LogP contribution in [0.25, 0.3) is 0 Å². The predicted molar refractivity (Wildman–Crippen MR) is 80.1 cm³/mol. The Kier molecular flexibility index (Phi) is 4.27. The molecule has 0 atom stereocenters. The van der Waals surface area contributed by atoms with E-state index in [0.29, 0.717) is 16.0 Å². The van der Waals surface area contributed by atoms with Crippen LogP contribution in [0.15, 0.2) is 45.3 Å². The molecule has 2 rings (SSSR count). The smallest absolute Gasteiger partial charge is 0.335 e. The van der Waals surface area contributed by atoms with Gasteiger partial charge in [0.1, 0.15) is 11.5 Å². The maximum Gasteiger partial charge on any atom is 0.335 e. The van der Waals surface area contributed by atoms with E-state index in [0.717, 1.165) is 10.0 Å². The lowest BCUT2D eigenvalue weighted by atomic mass is 10.2. The average molecular weight is 386 g/mol. The number of ether oxygens (including phenoxy) is 1. The molecule has 0 fully saturated rings. The monoisotopic (exact) mass is 384 g/mol. The normalized spacial score (nSPS) is 10.3. The first-order valence-electron chi connectivity index (χ1n) is 5.43. The van der Waals surface area contributed by atoms with Gasteiger partial charge in [-0.15, -0.1) is 0 Å². The second kappa shape index (κ2) is 5.75. The zero-order chi connectivity index (χ0) is 14.0. The number of carboxylic acids is 1. The summed E-state index contributed by atoms with van der Waals surface area (Å²) in [6, 6.07) is 10.4. The van der Waals surface area contributed by atoms with E-state index in [4.69, 9.17) is 9.84 Å². The van der Waals surface area contributed by atoms with E-state index in [1.807, 2.05) is 25.1 Å². The number of benzene rings is 2. The van der Waals surface area contributed by atoms with Crippen LogP contribution in [0.2, 0.25) is 0 Å². The summed E-state index contributed by atoms with van der Waals surface area (Å²) in [4.78, 5) is 11.0. The minimum atomic E-state index is -0.989. The Bertz CT molecular complexity index is 639. The minimum absolute atomic E-state index is 0.178. The van der Waals surface area contributed by atoms with Gasteiger partial charge in [0.25, 0.3) is 0 Å². The first-order valence-corrected chi connectivity index (χ1v) is 7.02. The van der Waals surface area contributed by atoms with Crippen LogP contribution in [0.4, 0.5) is 0 Å². The molecule has 2 aromatic carbocycles. The summed E-state index contributed by atoms with van der Waals surface area (Å²) in [5.41, 5.74) is 1.15. The molecule has 0 bridgehead atoms. The number of rotatable bonds is 3. The Morgan fingerprint density at radius 3 is 2.53 bits per heavy atom. The van der Waals surface area contributed by atoms with E-state index >= 15 is 0 Å². The fraction of sp³-hybridized carbons (Fsp3) is 0.0714. The molecule has 0 aliphatic carbocycles. The molecule has 0 aliphatic heterocycles. The highest BCUT2D eigenvalue weighted by atomic mass is 79.9. The summed E-state index contributed by atoms with van der Waals surface area (Å²) in [5.74, 6) is 0.175. The largest absolute Gasteiger partial charge is 0.478 e. The van der Waals surface area contributed by atoms with Crippen molar-refractivity contribution in [3.05, 3.63) is 56.5 Å². The molecule has 3 nitrogen and oxygen atoms in total. The summed E-state index contributed by atoms with van der Waals surface area (Å²) >= 11 is 6.65. The Hall–Kier alpha value is -1.33. The summed E-state index contributed by atoms with van der Waals surface area (Å²) in [5, 5.41) is 9.01. The highest BCUT2D eigenvalue weighted by Gasteiger charge is 2.09. The Balaban J connectivity index is 2.38. The van der Waals surface area contributed by atoms with Crippen molar-refractivity contribution in [1.82, 2.24) is 0 Å². The fourth-order valence-corrected chi connectivity index (χ4v) is 2.37. The van der Waals surface area contributed by atoms with Crippen LogP contribution in [0, 0.1) is 6.92 Å². The maximum atomic E-state index is 11.0. The van der Waals surface area contributed by atoms with Crippen molar-refractivity contribution in [3.8, 4) is 11.5 Å². The number of halogens is 2. The number of carboxylic acid groups (broad SMARTS) is 1. The third kappa shape index (κ3) is 3.58. The van der Waals surface area contributed by atoms with E-state index in [1.165, 1.54) is 12.1 Å². The molecule has 0 spiro atoms. The van der Waals surface area contributed by atoms with Gasteiger partial charge in [0.2, 0.25) is 0 Å². The number of hydrogen-bond acceptors (Lipinski definition) is 2. The number of aryl methyl sites for hydroxylation is 1. The molecule has 98 valence electrons. The van der Waals surface area contributed by atoms with Gasteiger partial charge in [-0.25, -0.2) is 4.79 Å². The van der Waals surface area contributed by atoms with E-state index in [2.05, 4.69) is 31.9 Å². The van der Waals surface area contributed by atoms with Crippen molar-refractivity contribution in [1.29, 1.82) is 0 Å². The maximum absolute atomic E-state index is 11.0. The molecule has 0 saturated carbocycles. The van der Waals surface area contributed by atoms with E-state index < -0.39 is 5.97 Å². The van der Waals surface area contributed by atoms with Gasteiger partial charge < -0.3 is 9.84 Å². The Morgan fingerprint density at radius 2 is 1.84 bits per heavy atom. The molecule has 0 radical (unpaired) electrons. The van der Waals surface area contributed by atoms with Gasteiger partial charge in [-0.05, 0) is 42.8 Å². The van der Waals surface area contributed by atoms with Crippen LogP contribution in [0.5, 0.6) is 11.5 Å². The van der Waals surface area contributed by atoms with Crippen molar-refractivity contribution < 1.29 is 14.6 Å². The molecule has 0 saturated heterocycles. The molecule has 2 aromatic rings. The van der Waals surface area contributed by atoms with Crippen LogP contribution in [-0.4, -0.2) is 11.1 Å². The number of aromatic carboxylic acids is 1. The Morgan fingerprint density at radius 1 is 1.11 bits per heavy atom. The highest BCUT2D eigenvalue weighted by Crippen LogP contribution is 2.30. The molecule has 1 N–H and O–H groups in total. The first-order chi connectivity index (χ1) is 8.95. The topological polar surface area (TPSA) is 46.5 Å². The van der Waals surface area contributed by atoms with Crippen molar-refractivity contribution in [2.45, 2.75) is 6.92 Å². The van der Waals surface area contributed by atoms with E-state index in [9.17, 15) is 4.79 Å². The lowest BCUT2D eigenvalue weighted by Gasteiger charge is -2.10. The van der Waals surface area contributed by atoms with Gasteiger partial charge in [0, 0.05) is 8.95 Å². The Labute approximate surface area is 127 Å². The summed E-state index contributed by atoms with van der Waals surface area (Å²) in [6.07, 6.45) is 0. The van der Waals surface area contributed by atoms with Crippen molar-refractivity contribution in [2.75, 3.05) is 0 Å². The van der Waals surface area contributed by atoms with Gasteiger partial charge in [0.15, 0.2) is 0 Å². The summed E-state index contributed by atoms with van der Waals surface area (Å²) < 4.78 is 7.30. The lowest BCUT2D eigenvalue weighted by Crippen LogP contribution is -1.97. The molecule has 0 aromatic heterocycles. The average Bonchev–Trinajstić information content (AvgIpc) is 2.33. The number of hydrogen-bond donors (Lipinski definition) is 1. The zero-order valence-electron chi connectivity index (χ0n) is 9.98. The van der Waals surface area contributed by atoms with Crippen molar-refractivity contribution in [2.24, 2.45) is 0 Å².